The number of halogens is 1. The van der Waals surface area contributed by atoms with Crippen molar-refractivity contribution in [2.24, 2.45) is 0 Å². The Bertz CT molecular complexity index is 202. The maximum atomic E-state index is 8.91. The van der Waals surface area contributed by atoms with Crippen molar-refractivity contribution < 1.29 is 5.11 Å². The van der Waals surface area contributed by atoms with E-state index >= 15 is 0 Å². The third-order valence-electron chi connectivity index (χ3n) is 1.06. The van der Waals surface area contributed by atoms with Crippen molar-refractivity contribution in [3.05, 3.63) is 24.3 Å². The van der Waals surface area contributed by atoms with Crippen LogP contribution >= 0.6 is 9.07 Å². The van der Waals surface area contributed by atoms with E-state index in [1.165, 1.54) is 0 Å². The molecular formula is C6H5ClMgO. The number of benzene rings is 1. The fourth-order valence-electron chi connectivity index (χ4n) is 0.640. The van der Waals surface area contributed by atoms with Crippen LogP contribution in [0.5, 0.6) is 5.75 Å². The molecule has 0 spiro atoms. The van der Waals surface area contributed by atoms with Gasteiger partial charge in [-0.25, -0.2) is 0 Å². The Labute approximate surface area is 67.2 Å². The average Bonchev–Trinajstić information content (AvgIpc) is 1.88. The fraction of sp³-hybridized carbons (Fsp3) is 0. The molecule has 0 aliphatic rings. The molecule has 1 aromatic carbocycles. The number of rotatable bonds is 1. The van der Waals surface area contributed by atoms with E-state index in [1.807, 2.05) is 6.07 Å². The van der Waals surface area contributed by atoms with Gasteiger partial charge < -0.3 is 14.2 Å². The van der Waals surface area contributed by atoms with Crippen LogP contribution < -0.4 is 3.69 Å². The van der Waals surface area contributed by atoms with E-state index in [0.717, 1.165) is 3.69 Å². The first-order valence-electron chi connectivity index (χ1n) is 2.67. The maximum Gasteiger partial charge on any atom is 0.538 e. The zero-order valence-electron chi connectivity index (χ0n) is 4.84. The predicted octanol–water partition coefficient (Wildman–Crippen LogP) is 0.875. The Kier molecular flexibility index (Phi) is 2.63. The monoisotopic (exact) mass is 152 g/mol. The van der Waals surface area contributed by atoms with Gasteiger partial charge in [0.1, 0.15) is 5.75 Å². The smallest absolute Gasteiger partial charge is 0.508 e. The standard InChI is InChI=1S/C6H5O.ClH.Mg/c7-6-4-2-1-3-5-6;;/h1-2,4-5,7H;1H;/q;;+1/p-1. The summed E-state index contributed by atoms with van der Waals surface area (Å²) < 4.78 is 1.08. The van der Waals surface area contributed by atoms with Gasteiger partial charge in [0.15, 0.2) is 0 Å². The van der Waals surface area contributed by atoms with Gasteiger partial charge in [-0.3, -0.25) is 0 Å². The van der Waals surface area contributed by atoms with Crippen LogP contribution in [0.25, 0.3) is 0 Å². The highest BCUT2D eigenvalue weighted by Crippen LogP contribution is 2.02. The SMILES string of the molecule is Oc1ccc[c]([Mg][Cl])c1. The Hall–Kier alpha value is 0.0762. The molecule has 0 aliphatic heterocycles. The van der Waals surface area contributed by atoms with Gasteiger partial charge in [0.2, 0.25) is 0 Å². The first kappa shape index (κ1) is 7.19. The Morgan fingerprint density at radius 3 is 2.67 bits per heavy atom. The van der Waals surface area contributed by atoms with E-state index in [2.05, 4.69) is 0 Å². The molecule has 0 amide bonds. The van der Waals surface area contributed by atoms with Crippen molar-refractivity contribution in [1.29, 1.82) is 0 Å². The highest BCUT2D eigenvalue weighted by molar-refractivity contribution is 7.01. The van der Waals surface area contributed by atoms with Crippen LogP contribution in [0.3, 0.4) is 0 Å². The number of hydrogen-bond acceptors (Lipinski definition) is 1. The fourth-order valence-corrected chi connectivity index (χ4v) is 1.65. The molecule has 1 rings (SSSR count). The van der Waals surface area contributed by atoms with Crippen molar-refractivity contribution in [3.8, 4) is 5.75 Å². The molecule has 9 heavy (non-hydrogen) atoms. The molecule has 0 aliphatic carbocycles. The topological polar surface area (TPSA) is 20.2 Å². The summed E-state index contributed by atoms with van der Waals surface area (Å²) in [5, 5.41) is 8.91. The zero-order valence-corrected chi connectivity index (χ0v) is 7.01. The van der Waals surface area contributed by atoms with Crippen molar-refractivity contribution in [2.75, 3.05) is 0 Å². The molecule has 44 valence electrons. The van der Waals surface area contributed by atoms with E-state index in [0.29, 0.717) is 5.75 Å². The van der Waals surface area contributed by atoms with Gasteiger partial charge in [-0.1, -0.05) is 12.1 Å². The molecule has 0 aromatic heterocycles. The van der Waals surface area contributed by atoms with Crippen LogP contribution in [0.2, 0.25) is 0 Å². The normalized spacial score (nSPS) is 8.56. The lowest BCUT2D eigenvalue weighted by Crippen LogP contribution is -2.06. The van der Waals surface area contributed by atoms with E-state index in [-0.39, 0.29) is 0 Å². The molecule has 0 bridgehead atoms. The van der Waals surface area contributed by atoms with Crippen molar-refractivity contribution >= 4 is 32.0 Å². The largest absolute Gasteiger partial charge is 0.538 e. The third-order valence-corrected chi connectivity index (χ3v) is 2.74. The molecule has 0 radical (unpaired) electrons. The number of hydrogen-bond donors (Lipinski definition) is 1. The van der Waals surface area contributed by atoms with Gasteiger partial charge >= 0.3 is 19.3 Å². The first-order valence-corrected chi connectivity index (χ1v) is 5.51. The number of phenolic OH excluding ortho intramolecular Hbond substituents is 1. The van der Waals surface area contributed by atoms with E-state index in [9.17, 15) is 0 Å². The van der Waals surface area contributed by atoms with Gasteiger partial charge in [0.25, 0.3) is 0 Å². The second-order valence-corrected chi connectivity index (χ2v) is 3.69. The van der Waals surface area contributed by atoms with Crippen LogP contribution in [0, 0.1) is 0 Å². The summed E-state index contributed by atoms with van der Waals surface area (Å²) in [5.74, 6) is 0.306. The maximum absolute atomic E-state index is 8.91. The van der Waals surface area contributed by atoms with Gasteiger partial charge in [-0.15, -0.1) is 3.69 Å². The number of phenols is 1. The van der Waals surface area contributed by atoms with Gasteiger partial charge in [0, 0.05) is 0 Å². The molecule has 0 saturated carbocycles. The minimum atomic E-state index is -0.618. The average molecular weight is 153 g/mol. The van der Waals surface area contributed by atoms with Gasteiger partial charge in [-0.2, -0.15) is 0 Å². The predicted molar refractivity (Wildman–Crippen MR) is 39.3 cm³/mol. The Morgan fingerprint density at radius 1 is 1.44 bits per heavy atom. The summed E-state index contributed by atoms with van der Waals surface area (Å²) in [4.78, 5) is 0. The van der Waals surface area contributed by atoms with E-state index in [4.69, 9.17) is 14.2 Å². The molecule has 0 unspecified atom stereocenters. The molecule has 1 nitrogen and oxygen atoms in total. The summed E-state index contributed by atoms with van der Waals surface area (Å²) in [6.45, 7) is 0. The lowest BCUT2D eigenvalue weighted by molar-refractivity contribution is 0.476. The second-order valence-electron chi connectivity index (χ2n) is 1.80. The van der Waals surface area contributed by atoms with Gasteiger partial charge in [-0.05, 0) is 12.1 Å². The third kappa shape index (κ3) is 2.04. The zero-order chi connectivity index (χ0) is 6.69. The minimum absolute atomic E-state index is 0.306. The van der Waals surface area contributed by atoms with Crippen molar-refractivity contribution in [2.45, 2.75) is 0 Å². The summed E-state index contributed by atoms with van der Waals surface area (Å²) in [6.07, 6.45) is 0. The minimum Gasteiger partial charge on any atom is -0.508 e. The van der Waals surface area contributed by atoms with Crippen LogP contribution in [0.4, 0.5) is 0 Å². The molecule has 1 N–H and O–H groups in total. The highest BCUT2D eigenvalue weighted by atomic mass is 35.5. The molecular weight excluding hydrogens is 148 g/mol. The molecule has 0 fully saturated rings. The van der Waals surface area contributed by atoms with E-state index < -0.39 is 19.3 Å². The quantitative estimate of drug-likeness (QED) is 0.593. The molecule has 0 atom stereocenters. The molecule has 0 saturated heterocycles. The molecule has 0 heterocycles. The van der Waals surface area contributed by atoms with Crippen molar-refractivity contribution in [1.82, 2.24) is 0 Å². The Morgan fingerprint density at radius 2 is 2.22 bits per heavy atom. The lowest BCUT2D eigenvalue weighted by Gasteiger charge is -1.93. The number of aromatic hydroxyl groups is 1. The molecule has 1 aromatic rings. The molecule has 3 heteroatoms. The lowest BCUT2D eigenvalue weighted by atomic mass is 10.3. The van der Waals surface area contributed by atoms with Gasteiger partial charge in [0.05, 0.1) is 0 Å². The van der Waals surface area contributed by atoms with Crippen LogP contribution in [0.1, 0.15) is 0 Å². The first-order chi connectivity index (χ1) is 4.33. The second kappa shape index (κ2) is 3.30. The van der Waals surface area contributed by atoms with Crippen LogP contribution in [0.15, 0.2) is 24.3 Å². The van der Waals surface area contributed by atoms with Crippen molar-refractivity contribution in [3.63, 3.8) is 0 Å². The summed E-state index contributed by atoms with van der Waals surface area (Å²) in [6, 6.07) is 7.09. The van der Waals surface area contributed by atoms with E-state index in [1.54, 1.807) is 18.2 Å². The highest BCUT2D eigenvalue weighted by Gasteiger charge is 1.94. The van der Waals surface area contributed by atoms with Crippen LogP contribution in [-0.2, 0) is 0 Å². The summed E-state index contributed by atoms with van der Waals surface area (Å²) in [5.41, 5.74) is 0. The Balaban J connectivity index is 2.94. The van der Waals surface area contributed by atoms with Crippen LogP contribution in [-0.4, -0.2) is 24.4 Å². The summed E-state index contributed by atoms with van der Waals surface area (Å²) in [7, 11) is 5.63. The summed E-state index contributed by atoms with van der Waals surface area (Å²) >= 11 is -0.618.